The molecule has 1 atom stereocenters. The number of methoxy groups -OCH3 is 2. The summed E-state index contributed by atoms with van der Waals surface area (Å²) in [5, 5.41) is 1.35. The second-order valence-corrected chi connectivity index (χ2v) is 12.0. The summed E-state index contributed by atoms with van der Waals surface area (Å²) in [7, 11) is -1.43. The number of thiazole rings is 1. The van der Waals surface area contributed by atoms with Crippen molar-refractivity contribution in [2.45, 2.75) is 21.7 Å². The van der Waals surface area contributed by atoms with Gasteiger partial charge in [-0.15, -0.1) is 23.1 Å². The average molecular weight is 580 g/mol. The molecule has 0 spiro atoms. The maximum absolute atomic E-state index is 15.4. The maximum Gasteiger partial charge on any atom is 0.269 e. The van der Waals surface area contributed by atoms with Crippen molar-refractivity contribution < 1.29 is 22.3 Å². The second kappa shape index (κ2) is 11.7. The highest BCUT2D eigenvalue weighted by molar-refractivity contribution is 7.99. The fourth-order valence-electron chi connectivity index (χ4n) is 3.50. The lowest BCUT2D eigenvalue weighted by atomic mass is 10.2. The molecular weight excluding hydrogens is 557 g/mol. The third-order valence-electron chi connectivity index (χ3n) is 5.38. The first-order valence-corrected chi connectivity index (χ1v) is 14.4. The summed E-state index contributed by atoms with van der Waals surface area (Å²) < 4.78 is 54.6. The lowest BCUT2D eigenvalue weighted by molar-refractivity contribution is 0.391. The number of thioether (sulfide) groups is 1. The smallest absolute Gasteiger partial charge is 0.269 e. The number of rotatable bonds is 10. The van der Waals surface area contributed by atoms with Gasteiger partial charge in [-0.1, -0.05) is 41.9 Å². The Labute approximate surface area is 228 Å². The van der Waals surface area contributed by atoms with Gasteiger partial charge in [0.1, 0.15) is 22.2 Å². The van der Waals surface area contributed by atoms with Crippen LogP contribution in [0.4, 0.5) is 9.52 Å². The number of anilines is 1. The number of hydrogen-bond acceptors (Lipinski definition) is 8. The molecule has 7 nitrogen and oxygen atoms in total. The molecule has 0 radical (unpaired) electrons. The molecule has 4 rings (SSSR count). The number of sulfonamides is 1. The van der Waals surface area contributed by atoms with Crippen molar-refractivity contribution in [2.75, 3.05) is 18.5 Å². The molecule has 194 valence electrons. The molecule has 0 aliphatic carbocycles. The van der Waals surface area contributed by atoms with Crippen molar-refractivity contribution in [3.8, 4) is 11.5 Å². The summed E-state index contributed by atoms with van der Waals surface area (Å²) in [5.74, 6) is 0.00977. The molecular formula is C25H23ClFN3O4S3. The van der Waals surface area contributed by atoms with Crippen molar-refractivity contribution in [1.82, 2.24) is 4.98 Å². The molecule has 0 unspecified atom stereocenters. The van der Waals surface area contributed by atoms with Crippen molar-refractivity contribution in [3.63, 3.8) is 0 Å². The zero-order valence-electron chi connectivity index (χ0n) is 19.8. The Hall–Kier alpha value is -2.83. The highest BCUT2D eigenvalue weighted by Crippen LogP contribution is 2.39. The Balaban J connectivity index is 1.70. The van der Waals surface area contributed by atoms with Crippen LogP contribution in [0.5, 0.6) is 11.5 Å². The van der Waals surface area contributed by atoms with Gasteiger partial charge in [0, 0.05) is 28.1 Å². The predicted octanol–water partition coefficient (Wildman–Crippen LogP) is 6.10. The van der Waals surface area contributed by atoms with E-state index in [4.69, 9.17) is 26.8 Å². The minimum Gasteiger partial charge on any atom is -0.497 e. The van der Waals surface area contributed by atoms with Gasteiger partial charge in [-0.2, -0.15) is 0 Å². The molecule has 4 aromatic rings. The van der Waals surface area contributed by atoms with Gasteiger partial charge in [-0.25, -0.2) is 22.1 Å². The molecule has 12 heteroatoms. The van der Waals surface area contributed by atoms with Crippen LogP contribution in [0.25, 0.3) is 0 Å². The Morgan fingerprint density at radius 3 is 2.54 bits per heavy atom. The van der Waals surface area contributed by atoms with Crippen LogP contribution in [-0.4, -0.2) is 27.6 Å². The lowest BCUT2D eigenvalue weighted by Crippen LogP contribution is -2.31. The number of nitrogens with zero attached hydrogens (tertiary/aromatic N) is 2. The largest absolute Gasteiger partial charge is 0.497 e. The Morgan fingerprint density at radius 2 is 1.89 bits per heavy atom. The van der Waals surface area contributed by atoms with Crippen LogP contribution in [0, 0.1) is 5.82 Å². The first-order chi connectivity index (χ1) is 17.7. The van der Waals surface area contributed by atoms with Crippen molar-refractivity contribution in [1.29, 1.82) is 0 Å². The predicted molar refractivity (Wildman–Crippen MR) is 146 cm³/mol. The summed E-state index contributed by atoms with van der Waals surface area (Å²) in [5.41, 5.74) is 7.60. The van der Waals surface area contributed by atoms with Crippen LogP contribution in [-0.2, 0) is 16.6 Å². The number of nitrogens with two attached hydrogens (primary N) is 1. The molecule has 37 heavy (non-hydrogen) atoms. The minimum absolute atomic E-state index is 0.0671. The molecule has 0 saturated carbocycles. The normalized spacial score (nSPS) is 12.2. The molecule has 0 amide bonds. The van der Waals surface area contributed by atoms with Crippen molar-refractivity contribution >= 4 is 49.9 Å². The zero-order chi connectivity index (χ0) is 26.6. The van der Waals surface area contributed by atoms with Gasteiger partial charge in [0.05, 0.1) is 31.2 Å². The number of benzene rings is 3. The molecule has 0 saturated heterocycles. The first-order valence-electron chi connectivity index (χ1n) is 10.8. The first kappa shape index (κ1) is 27.2. The van der Waals surface area contributed by atoms with Crippen LogP contribution in [0.1, 0.15) is 16.5 Å². The Morgan fingerprint density at radius 1 is 1.14 bits per heavy atom. The van der Waals surface area contributed by atoms with Gasteiger partial charge >= 0.3 is 0 Å². The molecule has 1 aromatic heterocycles. The van der Waals surface area contributed by atoms with Crippen molar-refractivity contribution in [3.05, 3.63) is 94.2 Å². The topological polar surface area (TPSA) is 94.8 Å². The van der Waals surface area contributed by atoms with E-state index < -0.39 is 26.1 Å². The molecule has 0 aliphatic rings. The monoisotopic (exact) mass is 579 g/mol. The molecule has 3 aromatic carbocycles. The van der Waals surface area contributed by atoms with E-state index >= 15 is 4.39 Å². The van der Waals surface area contributed by atoms with Crippen LogP contribution < -0.4 is 19.5 Å². The van der Waals surface area contributed by atoms with Gasteiger partial charge in [-0.05, 0) is 29.8 Å². The summed E-state index contributed by atoms with van der Waals surface area (Å²) in [6.45, 7) is -0.157. The van der Waals surface area contributed by atoms with E-state index in [0.717, 1.165) is 45.1 Å². The average Bonchev–Trinajstić information content (AvgIpc) is 3.43. The third kappa shape index (κ3) is 6.02. The number of hydrogen-bond donors (Lipinski definition) is 1. The number of aromatic nitrogens is 1. The van der Waals surface area contributed by atoms with E-state index in [1.807, 2.05) is 30.3 Å². The van der Waals surface area contributed by atoms with Crippen LogP contribution in [0.3, 0.4) is 0 Å². The highest BCUT2D eigenvalue weighted by Gasteiger charge is 2.32. The van der Waals surface area contributed by atoms with E-state index in [1.165, 1.54) is 20.4 Å². The van der Waals surface area contributed by atoms with E-state index in [9.17, 15) is 8.42 Å². The van der Waals surface area contributed by atoms with E-state index in [1.54, 1.807) is 23.6 Å². The highest BCUT2D eigenvalue weighted by atomic mass is 35.5. The van der Waals surface area contributed by atoms with E-state index in [0.29, 0.717) is 22.0 Å². The van der Waals surface area contributed by atoms with Crippen LogP contribution in [0.2, 0.25) is 5.02 Å². The SMILES string of the molecule is COc1ccc(CN(c2nccs2)S(=O)(=O)c2cc(Cl)c(S[C@@H](N)c3ccccc3)cc2F)c(OC)c1. The fraction of sp³-hybridized carbons (Fsp3) is 0.160. The summed E-state index contributed by atoms with van der Waals surface area (Å²) in [6.07, 6.45) is 1.47. The van der Waals surface area contributed by atoms with E-state index in [-0.39, 0.29) is 16.7 Å². The number of ether oxygens (including phenoxy) is 2. The van der Waals surface area contributed by atoms with Gasteiger partial charge < -0.3 is 15.2 Å². The van der Waals surface area contributed by atoms with Crippen molar-refractivity contribution in [2.24, 2.45) is 5.73 Å². The Kier molecular flexibility index (Phi) is 8.60. The second-order valence-electron chi connectivity index (χ2n) is 7.67. The maximum atomic E-state index is 15.4. The van der Waals surface area contributed by atoms with Crippen LogP contribution >= 0.6 is 34.7 Å². The molecule has 0 aliphatic heterocycles. The molecule has 2 N–H and O–H groups in total. The van der Waals surface area contributed by atoms with Gasteiger partial charge in [0.25, 0.3) is 10.0 Å². The standard InChI is InChI=1S/C25H23ClFN3O4S3/c1-33-18-9-8-17(21(12-18)34-2)15-30(25-29-10-11-35-25)37(31,32)23-13-19(26)22(14-20(23)27)36-24(28)16-6-4-3-5-7-16/h3-14,24H,15,28H2,1-2H3/t24-/m1/s1. The van der Waals surface area contributed by atoms with Crippen LogP contribution in [0.15, 0.2) is 82.0 Å². The summed E-state index contributed by atoms with van der Waals surface area (Å²) in [4.78, 5) is 3.91. The quantitative estimate of drug-likeness (QED) is 0.179. The number of halogens is 2. The molecule has 1 heterocycles. The third-order valence-corrected chi connectivity index (χ3v) is 9.58. The van der Waals surface area contributed by atoms with E-state index in [2.05, 4.69) is 4.98 Å². The minimum atomic E-state index is -4.42. The van der Waals surface area contributed by atoms with Gasteiger partial charge in [-0.3, -0.25) is 0 Å². The molecule has 0 fully saturated rings. The fourth-order valence-corrected chi connectivity index (χ4v) is 7.11. The molecule has 0 bridgehead atoms. The van der Waals surface area contributed by atoms with Gasteiger partial charge in [0.2, 0.25) is 0 Å². The lowest BCUT2D eigenvalue weighted by Gasteiger charge is -2.24. The summed E-state index contributed by atoms with van der Waals surface area (Å²) in [6, 6.07) is 16.5. The van der Waals surface area contributed by atoms with Gasteiger partial charge in [0.15, 0.2) is 5.13 Å². The summed E-state index contributed by atoms with van der Waals surface area (Å²) >= 11 is 8.68. The Bertz CT molecular complexity index is 1470. The zero-order valence-corrected chi connectivity index (χ0v) is 23.0.